The number of ether oxygens (including phenoxy) is 2. The van der Waals surface area contributed by atoms with Crippen molar-refractivity contribution in [2.24, 2.45) is 5.92 Å². The zero-order valence-corrected chi connectivity index (χ0v) is 11.4. The average molecular weight is 264 g/mol. The van der Waals surface area contributed by atoms with Gasteiger partial charge in [0.15, 0.2) is 11.5 Å². The van der Waals surface area contributed by atoms with Crippen LogP contribution in [-0.2, 0) is 4.79 Å². The van der Waals surface area contributed by atoms with Crippen LogP contribution >= 0.6 is 0 Å². The van der Waals surface area contributed by atoms with Gasteiger partial charge < -0.3 is 14.6 Å². The highest BCUT2D eigenvalue weighted by atomic mass is 16.5. The molecular formula is C15H20O4. The Balaban J connectivity index is 2.33. The van der Waals surface area contributed by atoms with E-state index in [1.54, 1.807) is 19.2 Å². The molecule has 2 unspecified atom stereocenters. The Hall–Kier alpha value is -1.71. The highest BCUT2D eigenvalue weighted by molar-refractivity contribution is 5.78. The van der Waals surface area contributed by atoms with Gasteiger partial charge in [-0.1, -0.05) is 25.5 Å². The summed E-state index contributed by atoms with van der Waals surface area (Å²) in [5, 5.41) is 9.62. The summed E-state index contributed by atoms with van der Waals surface area (Å²) < 4.78 is 11.1. The van der Waals surface area contributed by atoms with Crippen LogP contribution in [-0.4, -0.2) is 23.8 Å². The van der Waals surface area contributed by atoms with Gasteiger partial charge in [-0.3, -0.25) is 0 Å². The fourth-order valence-corrected chi connectivity index (χ4v) is 2.73. The van der Waals surface area contributed by atoms with E-state index in [2.05, 4.69) is 0 Å². The quantitative estimate of drug-likeness (QED) is 0.907. The lowest BCUT2D eigenvalue weighted by Crippen LogP contribution is -2.51. The van der Waals surface area contributed by atoms with Crippen molar-refractivity contribution < 1.29 is 19.4 Å². The third kappa shape index (κ3) is 2.53. The number of para-hydroxylation sites is 2. The lowest BCUT2D eigenvalue weighted by molar-refractivity contribution is -0.163. The van der Waals surface area contributed by atoms with Crippen molar-refractivity contribution in [3.63, 3.8) is 0 Å². The van der Waals surface area contributed by atoms with Gasteiger partial charge in [0.2, 0.25) is 5.60 Å². The lowest BCUT2D eigenvalue weighted by Gasteiger charge is -2.39. The smallest absolute Gasteiger partial charge is 0.348 e. The van der Waals surface area contributed by atoms with Crippen molar-refractivity contribution in [1.82, 2.24) is 0 Å². The van der Waals surface area contributed by atoms with Gasteiger partial charge in [0, 0.05) is 5.92 Å². The van der Waals surface area contributed by atoms with Gasteiger partial charge >= 0.3 is 5.97 Å². The molecule has 1 aromatic carbocycles. The van der Waals surface area contributed by atoms with Crippen LogP contribution in [0.3, 0.4) is 0 Å². The lowest BCUT2D eigenvalue weighted by atomic mass is 9.76. The number of carbonyl (C=O) groups is 1. The minimum absolute atomic E-state index is 0.0105. The number of carboxylic acid groups (broad SMARTS) is 1. The van der Waals surface area contributed by atoms with E-state index in [1.165, 1.54) is 0 Å². The van der Waals surface area contributed by atoms with Gasteiger partial charge in [-0.05, 0) is 31.4 Å². The Morgan fingerprint density at radius 3 is 2.58 bits per heavy atom. The summed E-state index contributed by atoms with van der Waals surface area (Å²) >= 11 is 0. The van der Waals surface area contributed by atoms with E-state index in [1.807, 2.05) is 19.1 Å². The third-order valence-electron chi connectivity index (χ3n) is 3.95. The van der Waals surface area contributed by atoms with Crippen LogP contribution in [0.5, 0.6) is 11.5 Å². The Morgan fingerprint density at radius 1 is 1.32 bits per heavy atom. The van der Waals surface area contributed by atoms with Crippen LogP contribution < -0.4 is 9.47 Å². The number of aliphatic carboxylic acids is 1. The van der Waals surface area contributed by atoms with E-state index in [0.29, 0.717) is 17.9 Å². The second kappa shape index (κ2) is 5.51. The molecule has 0 heterocycles. The topological polar surface area (TPSA) is 55.8 Å². The van der Waals surface area contributed by atoms with Gasteiger partial charge in [-0.2, -0.15) is 0 Å². The zero-order valence-electron chi connectivity index (χ0n) is 11.4. The monoisotopic (exact) mass is 264 g/mol. The van der Waals surface area contributed by atoms with Gasteiger partial charge in [-0.15, -0.1) is 0 Å². The van der Waals surface area contributed by atoms with Gasteiger partial charge in [0.1, 0.15) is 0 Å². The number of hydrogen-bond donors (Lipinski definition) is 1. The van der Waals surface area contributed by atoms with E-state index in [0.717, 1.165) is 19.3 Å². The maximum atomic E-state index is 11.7. The van der Waals surface area contributed by atoms with Crippen molar-refractivity contribution in [2.45, 2.75) is 38.2 Å². The first-order valence-corrected chi connectivity index (χ1v) is 6.65. The van der Waals surface area contributed by atoms with Crippen molar-refractivity contribution in [3.05, 3.63) is 24.3 Å². The van der Waals surface area contributed by atoms with Crippen molar-refractivity contribution >= 4 is 5.97 Å². The molecule has 1 aliphatic rings. The maximum Gasteiger partial charge on any atom is 0.348 e. The molecule has 0 aromatic heterocycles. The molecule has 0 bridgehead atoms. The summed E-state index contributed by atoms with van der Waals surface area (Å²) in [6, 6.07) is 7.19. The van der Waals surface area contributed by atoms with Crippen LogP contribution in [0.15, 0.2) is 24.3 Å². The molecule has 0 radical (unpaired) electrons. The molecule has 0 amide bonds. The molecule has 0 aliphatic heterocycles. The molecule has 104 valence electrons. The molecule has 2 rings (SSSR count). The molecule has 1 aliphatic carbocycles. The molecule has 0 spiro atoms. The van der Waals surface area contributed by atoms with Crippen LogP contribution in [0.1, 0.15) is 32.6 Å². The Morgan fingerprint density at radius 2 is 2.00 bits per heavy atom. The fraction of sp³-hybridized carbons (Fsp3) is 0.533. The first-order chi connectivity index (χ1) is 9.10. The third-order valence-corrected chi connectivity index (χ3v) is 3.95. The summed E-state index contributed by atoms with van der Waals surface area (Å²) in [5.74, 6) is 0.177. The van der Waals surface area contributed by atoms with Crippen molar-refractivity contribution in [3.8, 4) is 11.5 Å². The summed E-state index contributed by atoms with van der Waals surface area (Å²) in [6.07, 6.45) is 3.36. The van der Waals surface area contributed by atoms with Gasteiger partial charge in [-0.25, -0.2) is 4.79 Å². The Labute approximate surface area is 113 Å². The SMILES string of the molecule is COc1ccccc1OC1(C(=O)O)CCCCC1C. The molecule has 4 heteroatoms. The predicted molar refractivity (Wildman–Crippen MR) is 71.6 cm³/mol. The van der Waals surface area contributed by atoms with Gasteiger partial charge in [0.25, 0.3) is 0 Å². The average Bonchev–Trinajstić information content (AvgIpc) is 2.41. The first kappa shape index (κ1) is 13.7. The Kier molecular flexibility index (Phi) is 3.98. The standard InChI is InChI=1S/C15H20O4/c1-11-7-5-6-10-15(11,14(16)17)19-13-9-4-3-8-12(13)18-2/h3-4,8-9,11H,5-7,10H2,1-2H3,(H,16,17). The van der Waals surface area contributed by atoms with Crippen LogP contribution in [0.2, 0.25) is 0 Å². The van der Waals surface area contributed by atoms with E-state index in [-0.39, 0.29) is 5.92 Å². The minimum atomic E-state index is -1.13. The second-order valence-corrected chi connectivity index (χ2v) is 5.09. The number of rotatable bonds is 4. The van der Waals surface area contributed by atoms with E-state index in [4.69, 9.17) is 9.47 Å². The number of carboxylic acids is 1. The van der Waals surface area contributed by atoms with E-state index < -0.39 is 11.6 Å². The van der Waals surface area contributed by atoms with Crippen molar-refractivity contribution in [2.75, 3.05) is 7.11 Å². The van der Waals surface area contributed by atoms with Gasteiger partial charge in [0.05, 0.1) is 7.11 Å². The molecule has 1 saturated carbocycles. The van der Waals surface area contributed by atoms with Crippen LogP contribution in [0.25, 0.3) is 0 Å². The summed E-state index contributed by atoms with van der Waals surface area (Å²) in [7, 11) is 1.56. The molecule has 4 nitrogen and oxygen atoms in total. The highest BCUT2D eigenvalue weighted by Crippen LogP contribution is 2.40. The fourth-order valence-electron chi connectivity index (χ4n) is 2.73. The largest absolute Gasteiger partial charge is 0.493 e. The summed E-state index contributed by atoms with van der Waals surface area (Å²) in [5.41, 5.74) is -1.13. The molecular weight excluding hydrogens is 244 g/mol. The molecule has 1 N–H and O–H groups in total. The van der Waals surface area contributed by atoms with Crippen LogP contribution in [0, 0.1) is 5.92 Å². The molecule has 1 fully saturated rings. The van der Waals surface area contributed by atoms with E-state index in [9.17, 15) is 9.90 Å². The van der Waals surface area contributed by atoms with E-state index >= 15 is 0 Å². The second-order valence-electron chi connectivity index (χ2n) is 5.09. The number of hydrogen-bond acceptors (Lipinski definition) is 3. The van der Waals surface area contributed by atoms with Crippen LogP contribution in [0.4, 0.5) is 0 Å². The highest BCUT2D eigenvalue weighted by Gasteiger charge is 2.48. The molecule has 0 saturated heterocycles. The molecule has 2 atom stereocenters. The predicted octanol–water partition coefficient (Wildman–Crippen LogP) is 3.11. The Bertz CT molecular complexity index is 457. The number of methoxy groups -OCH3 is 1. The van der Waals surface area contributed by atoms with Crippen molar-refractivity contribution in [1.29, 1.82) is 0 Å². The molecule has 19 heavy (non-hydrogen) atoms. The maximum absolute atomic E-state index is 11.7. The normalized spacial score (nSPS) is 26.7. The number of benzene rings is 1. The molecule has 1 aromatic rings. The minimum Gasteiger partial charge on any atom is -0.493 e. The first-order valence-electron chi connectivity index (χ1n) is 6.65. The zero-order chi connectivity index (χ0) is 13.9. The summed E-state index contributed by atoms with van der Waals surface area (Å²) in [4.78, 5) is 11.7. The summed E-state index contributed by atoms with van der Waals surface area (Å²) in [6.45, 7) is 1.95.